The molecule has 1 aromatic carbocycles. The number of H-pyrrole nitrogens is 2. The molecular weight excluding hydrogens is 202 g/mol. The number of nitrogens with two attached hydrogens (primary N) is 1. The van der Waals surface area contributed by atoms with Crippen molar-refractivity contribution < 1.29 is 0 Å². The van der Waals surface area contributed by atoms with Crippen LogP contribution in [0.15, 0.2) is 24.4 Å². The third kappa shape index (κ3) is 1.18. The minimum absolute atomic E-state index is 0.728. The van der Waals surface area contributed by atoms with Crippen LogP contribution in [0.25, 0.3) is 22.2 Å². The Morgan fingerprint density at radius 2 is 2.12 bits per heavy atom. The van der Waals surface area contributed by atoms with Gasteiger partial charge >= 0.3 is 0 Å². The topological polar surface area (TPSA) is 83.4 Å². The number of aryl methyl sites for hydroxylation is 1. The van der Waals surface area contributed by atoms with E-state index in [1.54, 1.807) is 6.20 Å². The van der Waals surface area contributed by atoms with E-state index in [4.69, 9.17) is 5.73 Å². The predicted molar refractivity (Wildman–Crippen MR) is 62.8 cm³/mol. The molecule has 0 fully saturated rings. The smallest absolute Gasteiger partial charge is 0.103 e. The number of nitrogens with one attached hydrogen (secondary N) is 2. The Balaban J connectivity index is 2.30. The van der Waals surface area contributed by atoms with Crippen LogP contribution >= 0.6 is 0 Å². The van der Waals surface area contributed by atoms with Crippen molar-refractivity contribution in [1.82, 2.24) is 20.4 Å². The van der Waals surface area contributed by atoms with Crippen LogP contribution in [0.4, 0.5) is 5.69 Å². The highest BCUT2D eigenvalue weighted by Crippen LogP contribution is 2.28. The second kappa shape index (κ2) is 3.10. The first-order valence-electron chi connectivity index (χ1n) is 4.99. The summed E-state index contributed by atoms with van der Waals surface area (Å²) in [5, 5.41) is 15.2. The van der Waals surface area contributed by atoms with Gasteiger partial charge in [-0.2, -0.15) is 10.2 Å². The molecule has 0 radical (unpaired) electrons. The largest absolute Gasteiger partial charge is 0.399 e. The van der Waals surface area contributed by atoms with Crippen LogP contribution in [0, 0.1) is 6.92 Å². The summed E-state index contributed by atoms with van der Waals surface area (Å²) in [5.41, 5.74) is 10.3. The maximum atomic E-state index is 5.72. The van der Waals surface area contributed by atoms with Gasteiger partial charge in [-0.25, -0.2) is 0 Å². The normalized spacial score (nSPS) is 11.1. The molecule has 3 rings (SSSR count). The average molecular weight is 213 g/mol. The zero-order valence-corrected chi connectivity index (χ0v) is 8.78. The second-order valence-electron chi connectivity index (χ2n) is 3.79. The van der Waals surface area contributed by atoms with Crippen molar-refractivity contribution in [1.29, 1.82) is 0 Å². The van der Waals surface area contributed by atoms with Gasteiger partial charge in [-0.05, 0) is 25.1 Å². The number of fused-ring (bicyclic) bond motifs is 1. The molecule has 0 aliphatic carbocycles. The number of nitrogens with zero attached hydrogens (tertiary/aromatic N) is 2. The Morgan fingerprint density at radius 1 is 1.25 bits per heavy atom. The van der Waals surface area contributed by atoms with E-state index in [1.807, 2.05) is 25.1 Å². The highest BCUT2D eigenvalue weighted by Gasteiger charge is 2.11. The highest BCUT2D eigenvalue weighted by molar-refractivity contribution is 5.94. The molecule has 2 aromatic heterocycles. The first-order valence-corrected chi connectivity index (χ1v) is 4.99. The number of hydrogen-bond donors (Lipinski definition) is 3. The molecule has 0 aliphatic rings. The third-order valence-electron chi connectivity index (χ3n) is 2.67. The maximum Gasteiger partial charge on any atom is 0.103 e. The zero-order valence-electron chi connectivity index (χ0n) is 8.78. The van der Waals surface area contributed by atoms with Crippen molar-refractivity contribution in [3.8, 4) is 11.3 Å². The molecule has 5 nitrogen and oxygen atoms in total. The number of rotatable bonds is 1. The summed E-state index contributed by atoms with van der Waals surface area (Å²) in [6, 6.07) is 5.72. The van der Waals surface area contributed by atoms with E-state index < -0.39 is 0 Å². The van der Waals surface area contributed by atoms with Crippen molar-refractivity contribution >= 4 is 16.6 Å². The van der Waals surface area contributed by atoms with Gasteiger partial charge in [0, 0.05) is 22.3 Å². The number of aromatic nitrogens is 4. The van der Waals surface area contributed by atoms with Crippen molar-refractivity contribution in [2.45, 2.75) is 6.92 Å². The lowest BCUT2D eigenvalue weighted by molar-refractivity contribution is 1.05. The second-order valence-corrected chi connectivity index (χ2v) is 3.79. The Hall–Kier alpha value is -2.30. The molecule has 0 saturated carbocycles. The minimum atomic E-state index is 0.728. The summed E-state index contributed by atoms with van der Waals surface area (Å²) >= 11 is 0. The minimum Gasteiger partial charge on any atom is -0.399 e. The van der Waals surface area contributed by atoms with Gasteiger partial charge in [-0.15, -0.1) is 0 Å². The zero-order chi connectivity index (χ0) is 11.1. The Kier molecular flexibility index (Phi) is 1.73. The van der Waals surface area contributed by atoms with Crippen LogP contribution in [0.3, 0.4) is 0 Å². The molecule has 0 atom stereocenters. The van der Waals surface area contributed by atoms with Gasteiger partial charge in [-0.1, -0.05) is 0 Å². The first kappa shape index (κ1) is 8.96. The van der Waals surface area contributed by atoms with E-state index in [0.29, 0.717) is 0 Å². The number of benzene rings is 1. The summed E-state index contributed by atoms with van der Waals surface area (Å²) in [6.07, 6.45) is 1.78. The molecule has 3 aromatic rings. The lowest BCUT2D eigenvalue weighted by Crippen LogP contribution is -1.83. The summed E-state index contributed by atoms with van der Waals surface area (Å²) < 4.78 is 0. The van der Waals surface area contributed by atoms with Gasteiger partial charge in [0.2, 0.25) is 0 Å². The van der Waals surface area contributed by atoms with Crippen molar-refractivity contribution in [2.24, 2.45) is 0 Å². The molecule has 0 aliphatic heterocycles. The summed E-state index contributed by atoms with van der Waals surface area (Å²) in [4.78, 5) is 0. The van der Waals surface area contributed by atoms with Crippen LogP contribution in [0.2, 0.25) is 0 Å². The van der Waals surface area contributed by atoms with Gasteiger partial charge in [0.15, 0.2) is 0 Å². The SMILES string of the molecule is Cc1[nH]ncc1-c1n[nH]c2cc(N)ccc12. The Morgan fingerprint density at radius 3 is 2.88 bits per heavy atom. The molecule has 0 spiro atoms. The molecule has 80 valence electrons. The van der Waals surface area contributed by atoms with Gasteiger partial charge in [0.25, 0.3) is 0 Å². The van der Waals surface area contributed by atoms with Crippen LogP contribution in [-0.2, 0) is 0 Å². The number of aromatic amines is 2. The van der Waals surface area contributed by atoms with E-state index in [0.717, 1.165) is 33.5 Å². The highest BCUT2D eigenvalue weighted by atomic mass is 15.1. The fraction of sp³-hybridized carbons (Fsp3) is 0.0909. The van der Waals surface area contributed by atoms with Gasteiger partial charge < -0.3 is 5.73 Å². The number of anilines is 1. The molecule has 4 N–H and O–H groups in total. The fourth-order valence-electron chi connectivity index (χ4n) is 1.83. The van der Waals surface area contributed by atoms with E-state index in [-0.39, 0.29) is 0 Å². The molecule has 0 bridgehead atoms. The summed E-state index contributed by atoms with van der Waals surface area (Å²) in [5.74, 6) is 0. The van der Waals surface area contributed by atoms with Gasteiger partial charge in [-0.3, -0.25) is 10.2 Å². The molecule has 2 heterocycles. The fourth-order valence-corrected chi connectivity index (χ4v) is 1.83. The predicted octanol–water partition coefficient (Wildman–Crippen LogP) is 1.84. The maximum absolute atomic E-state index is 5.72. The monoisotopic (exact) mass is 213 g/mol. The molecule has 0 saturated heterocycles. The first-order chi connectivity index (χ1) is 7.75. The Labute approximate surface area is 91.7 Å². The standard InChI is InChI=1S/C11H11N5/c1-6-9(5-13-14-6)11-8-3-2-7(12)4-10(8)15-16-11/h2-5H,12H2,1H3,(H,13,14)(H,15,16). The van der Waals surface area contributed by atoms with Crippen LogP contribution in [0.1, 0.15) is 5.69 Å². The third-order valence-corrected chi connectivity index (χ3v) is 2.67. The summed E-state index contributed by atoms with van der Waals surface area (Å²) in [7, 11) is 0. The van der Waals surface area contributed by atoms with Gasteiger partial charge in [0.1, 0.15) is 5.69 Å². The molecule has 0 amide bonds. The van der Waals surface area contributed by atoms with Gasteiger partial charge in [0.05, 0.1) is 11.7 Å². The van der Waals surface area contributed by atoms with Crippen molar-refractivity contribution in [3.63, 3.8) is 0 Å². The van der Waals surface area contributed by atoms with E-state index >= 15 is 0 Å². The molecule has 0 unspecified atom stereocenters. The lowest BCUT2D eigenvalue weighted by Gasteiger charge is -1.95. The molecular formula is C11H11N5. The number of nitrogen functional groups attached to an aromatic ring is 1. The summed E-state index contributed by atoms with van der Waals surface area (Å²) in [6.45, 7) is 1.97. The van der Waals surface area contributed by atoms with E-state index in [9.17, 15) is 0 Å². The quantitative estimate of drug-likeness (QED) is 0.539. The molecule has 16 heavy (non-hydrogen) atoms. The van der Waals surface area contributed by atoms with Crippen LogP contribution in [0.5, 0.6) is 0 Å². The van der Waals surface area contributed by atoms with E-state index in [1.165, 1.54) is 0 Å². The number of hydrogen-bond acceptors (Lipinski definition) is 3. The lowest BCUT2D eigenvalue weighted by atomic mass is 10.1. The van der Waals surface area contributed by atoms with Crippen LogP contribution in [-0.4, -0.2) is 20.4 Å². The van der Waals surface area contributed by atoms with E-state index in [2.05, 4.69) is 20.4 Å². The average Bonchev–Trinajstić information content (AvgIpc) is 2.83. The van der Waals surface area contributed by atoms with Crippen LogP contribution < -0.4 is 5.73 Å². The van der Waals surface area contributed by atoms with Crippen molar-refractivity contribution in [2.75, 3.05) is 5.73 Å². The Bertz CT molecular complexity index is 649. The van der Waals surface area contributed by atoms with Crippen molar-refractivity contribution in [3.05, 3.63) is 30.1 Å². The molecule has 5 heteroatoms.